The van der Waals surface area contributed by atoms with Gasteiger partial charge in [0.2, 0.25) is 0 Å². The van der Waals surface area contributed by atoms with Crippen molar-refractivity contribution < 1.29 is 19.4 Å². The lowest BCUT2D eigenvalue weighted by molar-refractivity contribution is 0.0298. The number of hydrogen-bond acceptors (Lipinski definition) is 5. The van der Waals surface area contributed by atoms with E-state index in [2.05, 4.69) is 0 Å². The first-order valence-electron chi connectivity index (χ1n) is 6.96. The Labute approximate surface area is 124 Å². The Kier molecular flexibility index (Phi) is 4.57. The van der Waals surface area contributed by atoms with E-state index in [1.54, 1.807) is 17.0 Å². The zero-order valence-electron chi connectivity index (χ0n) is 12.6. The Balaban J connectivity index is 2.27. The normalized spacial score (nSPS) is 22.0. The molecule has 1 saturated heterocycles. The van der Waals surface area contributed by atoms with Crippen molar-refractivity contribution in [3.05, 3.63) is 17.7 Å². The maximum absolute atomic E-state index is 12.6. The molecule has 2 rings (SSSR count). The number of benzene rings is 1. The lowest BCUT2D eigenvalue weighted by atomic mass is 9.96. The average Bonchev–Trinajstić information content (AvgIpc) is 2.49. The number of rotatable bonds is 3. The summed E-state index contributed by atoms with van der Waals surface area (Å²) in [6, 6.07) is 3.19. The molecule has 116 valence electrons. The quantitative estimate of drug-likeness (QED) is 0.816. The lowest BCUT2D eigenvalue weighted by Gasteiger charge is -2.34. The predicted molar refractivity (Wildman–Crippen MR) is 79.6 cm³/mol. The Morgan fingerprint density at radius 2 is 1.95 bits per heavy atom. The number of carbonyl (C=O) groups is 1. The van der Waals surface area contributed by atoms with Crippen LogP contribution in [0.3, 0.4) is 0 Å². The first-order valence-corrected chi connectivity index (χ1v) is 6.96. The number of piperidine rings is 1. The third-order valence-corrected chi connectivity index (χ3v) is 3.93. The van der Waals surface area contributed by atoms with E-state index < -0.39 is 0 Å². The number of hydrogen-bond donors (Lipinski definition) is 2. The molecule has 0 saturated carbocycles. The van der Waals surface area contributed by atoms with Crippen molar-refractivity contribution in [3.63, 3.8) is 0 Å². The first-order chi connectivity index (χ1) is 9.97. The molecule has 0 spiro atoms. The van der Waals surface area contributed by atoms with Crippen molar-refractivity contribution in [2.75, 3.05) is 33.0 Å². The smallest absolute Gasteiger partial charge is 0.256 e. The highest BCUT2D eigenvalue weighted by atomic mass is 16.5. The average molecular weight is 294 g/mol. The van der Waals surface area contributed by atoms with Crippen LogP contribution in [0.25, 0.3) is 0 Å². The lowest BCUT2D eigenvalue weighted by Crippen LogP contribution is -2.45. The second-order valence-corrected chi connectivity index (χ2v) is 5.38. The van der Waals surface area contributed by atoms with E-state index >= 15 is 0 Å². The molecule has 0 aliphatic carbocycles. The van der Waals surface area contributed by atoms with Gasteiger partial charge in [0.15, 0.2) is 11.5 Å². The first kappa shape index (κ1) is 15.4. The third kappa shape index (κ3) is 3.05. The maximum atomic E-state index is 12.6. The summed E-state index contributed by atoms with van der Waals surface area (Å²) >= 11 is 0. The molecule has 1 aromatic rings. The van der Waals surface area contributed by atoms with Gasteiger partial charge in [-0.05, 0) is 18.4 Å². The Morgan fingerprint density at radius 3 is 2.52 bits per heavy atom. The molecule has 21 heavy (non-hydrogen) atoms. The molecule has 1 fully saturated rings. The molecular weight excluding hydrogens is 272 g/mol. The molecule has 1 aliphatic heterocycles. The molecule has 6 nitrogen and oxygen atoms in total. The molecule has 1 aliphatic rings. The molecule has 0 aromatic heterocycles. The van der Waals surface area contributed by atoms with Crippen molar-refractivity contribution in [2.45, 2.75) is 19.4 Å². The van der Waals surface area contributed by atoms with Gasteiger partial charge in [-0.15, -0.1) is 0 Å². The number of ether oxygens (including phenoxy) is 2. The topological polar surface area (TPSA) is 85.0 Å². The van der Waals surface area contributed by atoms with Gasteiger partial charge in [-0.25, -0.2) is 0 Å². The number of amides is 1. The standard InChI is InChI=1S/C15H22N2O4/c1-9-8-17(5-4-12(9)18)15(19)10-6-13(20-2)14(21-3)7-11(10)16/h6-7,9,12,18H,4-5,8,16H2,1-3H3. The van der Waals surface area contributed by atoms with Crippen LogP contribution >= 0.6 is 0 Å². The van der Waals surface area contributed by atoms with Gasteiger partial charge in [-0.2, -0.15) is 0 Å². The fourth-order valence-corrected chi connectivity index (χ4v) is 2.57. The van der Waals surface area contributed by atoms with Crippen LogP contribution in [0.4, 0.5) is 5.69 Å². The molecule has 1 aromatic carbocycles. The summed E-state index contributed by atoms with van der Waals surface area (Å²) in [6.45, 7) is 2.98. The van der Waals surface area contributed by atoms with E-state index in [4.69, 9.17) is 15.2 Å². The van der Waals surface area contributed by atoms with Gasteiger partial charge in [0.05, 0.1) is 25.9 Å². The van der Waals surface area contributed by atoms with E-state index in [1.807, 2.05) is 6.92 Å². The fraction of sp³-hybridized carbons (Fsp3) is 0.533. The van der Waals surface area contributed by atoms with Crippen molar-refractivity contribution in [1.82, 2.24) is 4.90 Å². The highest BCUT2D eigenvalue weighted by Crippen LogP contribution is 2.33. The monoisotopic (exact) mass is 294 g/mol. The van der Waals surface area contributed by atoms with Gasteiger partial charge in [-0.1, -0.05) is 6.92 Å². The van der Waals surface area contributed by atoms with Crippen LogP contribution in [0.15, 0.2) is 12.1 Å². The molecule has 3 N–H and O–H groups in total. The van der Waals surface area contributed by atoms with Crippen LogP contribution in [-0.4, -0.2) is 49.3 Å². The van der Waals surface area contributed by atoms with Crippen LogP contribution in [0.5, 0.6) is 11.5 Å². The summed E-state index contributed by atoms with van der Waals surface area (Å²) < 4.78 is 10.4. The van der Waals surface area contributed by atoms with E-state index in [0.29, 0.717) is 42.3 Å². The second-order valence-electron chi connectivity index (χ2n) is 5.38. The van der Waals surface area contributed by atoms with Crippen molar-refractivity contribution in [3.8, 4) is 11.5 Å². The van der Waals surface area contributed by atoms with Crippen LogP contribution in [0, 0.1) is 5.92 Å². The highest BCUT2D eigenvalue weighted by molar-refractivity contribution is 6.00. The molecule has 1 heterocycles. The van der Waals surface area contributed by atoms with Gasteiger partial charge in [0.25, 0.3) is 5.91 Å². The minimum atomic E-state index is -0.350. The maximum Gasteiger partial charge on any atom is 0.256 e. The molecule has 0 radical (unpaired) electrons. The number of anilines is 1. The number of carbonyl (C=O) groups excluding carboxylic acids is 1. The van der Waals surface area contributed by atoms with Crippen molar-refractivity contribution in [1.29, 1.82) is 0 Å². The summed E-state index contributed by atoms with van der Waals surface area (Å²) in [5.41, 5.74) is 6.71. The molecule has 2 unspecified atom stereocenters. The van der Waals surface area contributed by atoms with Gasteiger partial charge >= 0.3 is 0 Å². The number of nitrogen functional groups attached to an aromatic ring is 1. The molecular formula is C15H22N2O4. The summed E-state index contributed by atoms with van der Waals surface area (Å²) in [6.07, 6.45) is 0.233. The zero-order valence-corrected chi connectivity index (χ0v) is 12.6. The van der Waals surface area contributed by atoms with E-state index in [-0.39, 0.29) is 17.9 Å². The van der Waals surface area contributed by atoms with Crippen LogP contribution in [0.1, 0.15) is 23.7 Å². The number of nitrogens with zero attached hydrogens (tertiary/aromatic N) is 1. The van der Waals surface area contributed by atoms with Gasteiger partial charge in [-0.3, -0.25) is 4.79 Å². The predicted octanol–water partition coefficient (Wildman–Crippen LogP) is 1.13. The van der Waals surface area contributed by atoms with Crippen molar-refractivity contribution in [2.24, 2.45) is 5.92 Å². The third-order valence-electron chi connectivity index (χ3n) is 3.93. The molecule has 6 heteroatoms. The van der Waals surface area contributed by atoms with Gasteiger partial charge in [0, 0.05) is 24.8 Å². The fourth-order valence-electron chi connectivity index (χ4n) is 2.57. The number of aliphatic hydroxyl groups excluding tert-OH is 1. The minimum absolute atomic E-state index is 0.0593. The number of nitrogens with two attached hydrogens (primary N) is 1. The Morgan fingerprint density at radius 1 is 1.33 bits per heavy atom. The van der Waals surface area contributed by atoms with Crippen LogP contribution in [-0.2, 0) is 0 Å². The number of methoxy groups -OCH3 is 2. The van der Waals surface area contributed by atoms with Crippen LogP contribution in [0.2, 0.25) is 0 Å². The number of likely N-dealkylation sites (tertiary alicyclic amines) is 1. The SMILES string of the molecule is COc1cc(N)c(C(=O)N2CCC(O)C(C)C2)cc1OC. The van der Waals surface area contributed by atoms with Crippen molar-refractivity contribution >= 4 is 11.6 Å². The van der Waals surface area contributed by atoms with Gasteiger partial charge < -0.3 is 25.2 Å². The Bertz CT molecular complexity index is 533. The van der Waals surface area contributed by atoms with E-state index in [0.717, 1.165) is 0 Å². The summed E-state index contributed by atoms with van der Waals surface area (Å²) in [5.74, 6) is 0.880. The van der Waals surface area contributed by atoms with E-state index in [1.165, 1.54) is 14.2 Å². The minimum Gasteiger partial charge on any atom is -0.493 e. The van der Waals surface area contributed by atoms with E-state index in [9.17, 15) is 9.90 Å². The number of aliphatic hydroxyl groups is 1. The van der Waals surface area contributed by atoms with Crippen LogP contribution < -0.4 is 15.2 Å². The Hall–Kier alpha value is -1.95. The highest BCUT2D eigenvalue weighted by Gasteiger charge is 2.29. The second kappa shape index (κ2) is 6.22. The molecule has 2 atom stereocenters. The van der Waals surface area contributed by atoms with Gasteiger partial charge in [0.1, 0.15) is 0 Å². The summed E-state index contributed by atoms with van der Waals surface area (Å²) in [5, 5.41) is 9.75. The summed E-state index contributed by atoms with van der Waals surface area (Å²) in [7, 11) is 3.04. The molecule has 0 bridgehead atoms. The summed E-state index contributed by atoms with van der Waals surface area (Å²) in [4.78, 5) is 14.3. The molecule has 1 amide bonds. The largest absolute Gasteiger partial charge is 0.493 e. The zero-order chi connectivity index (χ0) is 15.6.